The molecule has 0 unspecified atom stereocenters. The molecule has 0 N–H and O–H groups in total. The fourth-order valence-electron chi connectivity index (χ4n) is 9.76. The van der Waals surface area contributed by atoms with Crippen LogP contribution in [-0.2, 0) is 0 Å². The molecule has 0 aliphatic rings. The van der Waals surface area contributed by atoms with E-state index >= 15 is 0 Å². The Morgan fingerprint density at radius 3 is 1.46 bits per heavy atom. The van der Waals surface area contributed by atoms with Gasteiger partial charge in [0.05, 0.1) is 11.0 Å². The molecule has 1 heteroatoms. The molecule has 0 saturated carbocycles. The van der Waals surface area contributed by atoms with Crippen molar-refractivity contribution < 1.29 is 0 Å². The Bertz CT molecular complexity index is 3560. The number of fused-ring (bicyclic) bond motifs is 9. The molecule has 0 fully saturated rings. The minimum absolute atomic E-state index is 1.16. The van der Waals surface area contributed by atoms with Crippen LogP contribution in [-0.4, -0.2) is 4.57 Å². The lowest BCUT2D eigenvalue weighted by Gasteiger charge is -2.19. The van der Waals surface area contributed by atoms with Crippen LogP contribution in [0.2, 0.25) is 0 Å². The molecule has 0 radical (unpaired) electrons. The highest BCUT2D eigenvalue weighted by atomic mass is 15.0. The second kappa shape index (κ2) is 13.4. The third-order valence-corrected chi connectivity index (χ3v) is 12.4. The minimum atomic E-state index is 1.16. The van der Waals surface area contributed by atoms with E-state index in [9.17, 15) is 0 Å². The van der Waals surface area contributed by atoms with Gasteiger partial charge >= 0.3 is 0 Å². The molecule has 11 aromatic carbocycles. The van der Waals surface area contributed by atoms with Crippen LogP contribution in [0.25, 0.3) is 115 Å². The summed E-state index contributed by atoms with van der Waals surface area (Å²) in [6.07, 6.45) is 0. The standard InChI is InChI=1S/C58H37N/c1-4-16-38(17-5-1)43-32-34-50-52(36-43)56(41-19-6-2-7-20-41)49-27-15-14-26-48(49)55(50)42-30-28-40(29-31-42)51-37-54-58(47-25-13-12-24-46(47)51)57-45-23-11-10-18-39(45)33-35-53(57)59(54)44-21-8-3-9-22-44/h1-37H. The highest BCUT2D eigenvalue weighted by molar-refractivity contribution is 6.30. The van der Waals surface area contributed by atoms with Crippen molar-refractivity contribution in [2.45, 2.75) is 0 Å². The van der Waals surface area contributed by atoms with Gasteiger partial charge in [-0.15, -0.1) is 0 Å². The van der Waals surface area contributed by atoms with Crippen LogP contribution in [0.5, 0.6) is 0 Å². The fourth-order valence-corrected chi connectivity index (χ4v) is 9.76. The van der Waals surface area contributed by atoms with Gasteiger partial charge in [-0.1, -0.05) is 194 Å². The van der Waals surface area contributed by atoms with Crippen molar-refractivity contribution in [2.75, 3.05) is 0 Å². The van der Waals surface area contributed by atoms with Crippen molar-refractivity contribution in [3.8, 4) is 50.2 Å². The minimum Gasteiger partial charge on any atom is -0.309 e. The topological polar surface area (TPSA) is 4.93 Å². The molecule has 0 atom stereocenters. The van der Waals surface area contributed by atoms with Crippen LogP contribution < -0.4 is 0 Å². The summed E-state index contributed by atoms with van der Waals surface area (Å²) >= 11 is 0. The molecule has 1 heterocycles. The first-order valence-electron chi connectivity index (χ1n) is 20.4. The van der Waals surface area contributed by atoms with Gasteiger partial charge in [-0.3, -0.25) is 0 Å². The average Bonchev–Trinajstić information content (AvgIpc) is 3.66. The Morgan fingerprint density at radius 2 is 0.746 bits per heavy atom. The average molecular weight is 748 g/mol. The fraction of sp³-hybridized carbons (Fsp3) is 0. The Kier molecular flexibility index (Phi) is 7.61. The van der Waals surface area contributed by atoms with Crippen molar-refractivity contribution in [3.63, 3.8) is 0 Å². The van der Waals surface area contributed by atoms with Crippen LogP contribution in [0, 0.1) is 0 Å². The van der Waals surface area contributed by atoms with Crippen molar-refractivity contribution in [2.24, 2.45) is 0 Å². The molecule has 12 rings (SSSR count). The predicted octanol–water partition coefficient (Wildman–Crippen LogP) is 16.1. The number of rotatable bonds is 5. The molecule has 0 saturated heterocycles. The molecule has 59 heavy (non-hydrogen) atoms. The number of nitrogens with zero attached hydrogens (tertiary/aromatic N) is 1. The molecule has 274 valence electrons. The van der Waals surface area contributed by atoms with Gasteiger partial charge < -0.3 is 4.57 Å². The maximum absolute atomic E-state index is 2.46. The first-order valence-corrected chi connectivity index (χ1v) is 20.4. The molecule has 1 nitrogen and oxygen atoms in total. The zero-order valence-electron chi connectivity index (χ0n) is 32.3. The lowest BCUT2D eigenvalue weighted by molar-refractivity contribution is 1.18. The zero-order valence-corrected chi connectivity index (χ0v) is 32.3. The lowest BCUT2D eigenvalue weighted by Crippen LogP contribution is -1.94. The molecular formula is C58H37N. The van der Waals surface area contributed by atoms with Gasteiger partial charge in [-0.25, -0.2) is 0 Å². The van der Waals surface area contributed by atoms with Crippen molar-refractivity contribution in [3.05, 3.63) is 224 Å². The largest absolute Gasteiger partial charge is 0.309 e. The van der Waals surface area contributed by atoms with Gasteiger partial charge in [0.25, 0.3) is 0 Å². The molecule has 1 aromatic heterocycles. The summed E-state index contributed by atoms with van der Waals surface area (Å²) in [4.78, 5) is 0. The van der Waals surface area contributed by atoms with Crippen molar-refractivity contribution >= 4 is 64.9 Å². The summed E-state index contributed by atoms with van der Waals surface area (Å²) < 4.78 is 2.46. The van der Waals surface area contributed by atoms with Gasteiger partial charge in [-0.2, -0.15) is 0 Å². The third-order valence-electron chi connectivity index (χ3n) is 12.4. The summed E-state index contributed by atoms with van der Waals surface area (Å²) in [6.45, 7) is 0. The normalized spacial score (nSPS) is 11.7. The summed E-state index contributed by atoms with van der Waals surface area (Å²) in [5, 5.41) is 12.7. The Labute approximate surface area is 342 Å². The van der Waals surface area contributed by atoms with Crippen molar-refractivity contribution in [1.29, 1.82) is 0 Å². The van der Waals surface area contributed by atoms with E-state index in [4.69, 9.17) is 0 Å². The number of para-hydroxylation sites is 1. The first-order chi connectivity index (χ1) is 29.3. The monoisotopic (exact) mass is 747 g/mol. The second-order valence-corrected chi connectivity index (χ2v) is 15.6. The molecule has 12 aromatic rings. The van der Waals surface area contributed by atoms with E-state index in [1.807, 2.05) is 0 Å². The van der Waals surface area contributed by atoms with Gasteiger partial charge in [0.2, 0.25) is 0 Å². The second-order valence-electron chi connectivity index (χ2n) is 15.6. The number of hydrogen-bond acceptors (Lipinski definition) is 0. The van der Waals surface area contributed by atoms with E-state index in [0.717, 1.165) is 5.69 Å². The summed E-state index contributed by atoms with van der Waals surface area (Å²) in [5.74, 6) is 0. The van der Waals surface area contributed by atoms with Crippen LogP contribution in [0.15, 0.2) is 224 Å². The molecule has 0 amide bonds. The molecule has 0 bridgehead atoms. The SMILES string of the molecule is c1ccc(-c2ccc3c(-c4ccc(-c5cc6c(c7ccccc57)c5c7ccccc7ccc5n6-c5ccccc5)cc4)c4ccccc4c(-c4ccccc4)c3c2)cc1. The number of aromatic nitrogens is 1. The van der Waals surface area contributed by atoms with Crippen LogP contribution in [0.1, 0.15) is 0 Å². The third kappa shape index (κ3) is 5.25. The molecular weight excluding hydrogens is 711 g/mol. The van der Waals surface area contributed by atoms with E-state index in [1.165, 1.54) is 109 Å². The van der Waals surface area contributed by atoms with Gasteiger partial charge in [0.15, 0.2) is 0 Å². The van der Waals surface area contributed by atoms with Gasteiger partial charge in [0, 0.05) is 16.5 Å². The number of hydrogen-bond donors (Lipinski definition) is 0. The maximum atomic E-state index is 2.46. The van der Waals surface area contributed by atoms with Crippen LogP contribution in [0.4, 0.5) is 0 Å². The maximum Gasteiger partial charge on any atom is 0.0553 e. The van der Waals surface area contributed by atoms with Crippen LogP contribution in [0.3, 0.4) is 0 Å². The summed E-state index contributed by atoms with van der Waals surface area (Å²) in [5.41, 5.74) is 13.4. The smallest absolute Gasteiger partial charge is 0.0553 e. The molecule has 0 aliphatic carbocycles. The van der Waals surface area contributed by atoms with E-state index in [0.29, 0.717) is 0 Å². The summed E-state index contributed by atoms with van der Waals surface area (Å²) in [6, 6.07) is 82.5. The van der Waals surface area contributed by atoms with Gasteiger partial charge in [-0.05, 0) is 118 Å². The highest BCUT2D eigenvalue weighted by Crippen LogP contribution is 2.47. The van der Waals surface area contributed by atoms with E-state index < -0.39 is 0 Å². The summed E-state index contributed by atoms with van der Waals surface area (Å²) in [7, 11) is 0. The van der Waals surface area contributed by atoms with E-state index in [1.54, 1.807) is 0 Å². The highest BCUT2D eigenvalue weighted by Gasteiger charge is 2.21. The Morgan fingerprint density at radius 1 is 0.254 bits per heavy atom. The number of benzene rings is 11. The Balaban J connectivity index is 1.10. The van der Waals surface area contributed by atoms with E-state index in [-0.39, 0.29) is 0 Å². The predicted molar refractivity (Wildman–Crippen MR) is 253 cm³/mol. The lowest BCUT2D eigenvalue weighted by atomic mass is 9.84. The van der Waals surface area contributed by atoms with Gasteiger partial charge in [0.1, 0.15) is 0 Å². The molecule has 0 aliphatic heterocycles. The van der Waals surface area contributed by atoms with Crippen LogP contribution >= 0.6 is 0 Å². The Hall–Kier alpha value is -7.74. The van der Waals surface area contributed by atoms with Crippen molar-refractivity contribution in [1.82, 2.24) is 4.57 Å². The van der Waals surface area contributed by atoms with E-state index in [2.05, 4.69) is 229 Å². The zero-order chi connectivity index (χ0) is 38.9. The molecule has 0 spiro atoms. The quantitative estimate of drug-likeness (QED) is 0.155. The first kappa shape index (κ1) is 33.4.